The van der Waals surface area contributed by atoms with Gasteiger partial charge in [-0.2, -0.15) is 5.26 Å². The summed E-state index contributed by atoms with van der Waals surface area (Å²) in [6.07, 6.45) is 5.89. The number of halogens is 1. The van der Waals surface area contributed by atoms with Gasteiger partial charge >= 0.3 is 0 Å². The third-order valence-corrected chi connectivity index (χ3v) is 8.03. The molecule has 0 radical (unpaired) electrons. The normalized spacial score (nSPS) is 15.2. The van der Waals surface area contributed by atoms with Gasteiger partial charge in [0.25, 0.3) is 0 Å². The molecule has 0 aliphatic heterocycles. The molecule has 1 aliphatic rings. The van der Waals surface area contributed by atoms with Crippen LogP contribution in [0.1, 0.15) is 35.8 Å². The number of nitrogens with zero attached hydrogens (tertiary/aromatic N) is 4. The summed E-state index contributed by atoms with van der Waals surface area (Å²) in [6.45, 7) is 6.49. The zero-order chi connectivity index (χ0) is 22.7. The number of aromatic nitrogens is 3. The fourth-order valence-corrected chi connectivity index (χ4v) is 6.19. The quantitative estimate of drug-likeness (QED) is 0.297. The van der Waals surface area contributed by atoms with E-state index in [1.807, 2.05) is 4.57 Å². The van der Waals surface area contributed by atoms with Gasteiger partial charge in [0, 0.05) is 11.4 Å². The number of anilines is 1. The van der Waals surface area contributed by atoms with Crippen molar-refractivity contribution in [3.63, 3.8) is 0 Å². The second-order valence-corrected chi connectivity index (χ2v) is 10.3. The Morgan fingerprint density at radius 2 is 2.38 bits per heavy atom. The first-order chi connectivity index (χ1) is 15.5. The van der Waals surface area contributed by atoms with Gasteiger partial charge in [-0.05, 0) is 58.8 Å². The molecule has 4 rings (SSSR count). The van der Waals surface area contributed by atoms with Crippen LogP contribution < -0.4 is 5.32 Å². The number of nitrogens with one attached hydrogen (secondary N) is 1. The predicted molar refractivity (Wildman–Crippen MR) is 130 cm³/mol. The fourth-order valence-electron chi connectivity index (χ4n) is 3.81. The summed E-state index contributed by atoms with van der Waals surface area (Å²) >= 11 is 6.13. The summed E-state index contributed by atoms with van der Waals surface area (Å²) in [5.74, 6) is 1.79. The highest BCUT2D eigenvalue weighted by atomic mass is 79.9. The number of furan rings is 1. The van der Waals surface area contributed by atoms with Gasteiger partial charge < -0.3 is 9.73 Å². The van der Waals surface area contributed by atoms with Crippen LogP contribution in [0.2, 0.25) is 0 Å². The number of amides is 1. The maximum absolute atomic E-state index is 12.7. The number of carbonyl (C=O) groups excluding carboxylic acids is 1. The third-order valence-electron chi connectivity index (χ3n) is 5.46. The van der Waals surface area contributed by atoms with Crippen LogP contribution in [0.3, 0.4) is 0 Å². The Balaban J connectivity index is 1.46. The van der Waals surface area contributed by atoms with Gasteiger partial charge in [-0.1, -0.05) is 31.2 Å². The number of hydrogen-bond donors (Lipinski definition) is 1. The Labute approximate surface area is 203 Å². The van der Waals surface area contributed by atoms with Crippen LogP contribution in [-0.4, -0.2) is 26.4 Å². The predicted octanol–water partition coefficient (Wildman–Crippen LogP) is 5.67. The lowest BCUT2D eigenvalue weighted by Gasteiger charge is -2.20. The van der Waals surface area contributed by atoms with Crippen LogP contribution in [0.25, 0.3) is 11.6 Å². The third kappa shape index (κ3) is 4.70. The van der Waals surface area contributed by atoms with Crippen LogP contribution in [0.5, 0.6) is 0 Å². The van der Waals surface area contributed by atoms with Crippen LogP contribution in [0.15, 0.2) is 39.0 Å². The van der Waals surface area contributed by atoms with Crippen molar-refractivity contribution < 1.29 is 9.21 Å². The van der Waals surface area contributed by atoms with E-state index in [0.717, 1.165) is 31.2 Å². The van der Waals surface area contributed by atoms with E-state index in [-0.39, 0.29) is 11.7 Å². The highest BCUT2D eigenvalue weighted by Crippen LogP contribution is 2.40. The highest BCUT2D eigenvalue weighted by Gasteiger charge is 2.26. The summed E-state index contributed by atoms with van der Waals surface area (Å²) in [7, 11) is 0. The van der Waals surface area contributed by atoms with E-state index in [1.54, 1.807) is 29.5 Å². The molecule has 0 saturated carbocycles. The maximum Gasteiger partial charge on any atom is 0.235 e. The van der Waals surface area contributed by atoms with Crippen molar-refractivity contribution in [2.24, 2.45) is 5.92 Å². The molecule has 0 saturated heterocycles. The molecular formula is C22H22BrN5O2S2. The Bertz CT molecular complexity index is 1190. The largest absolute Gasteiger partial charge is 0.446 e. The number of carbonyl (C=O) groups is 1. The molecule has 1 atom stereocenters. The van der Waals surface area contributed by atoms with Crippen molar-refractivity contribution in [2.45, 2.75) is 44.3 Å². The molecule has 166 valence electrons. The molecule has 0 fully saturated rings. The van der Waals surface area contributed by atoms with Crippen molar-refractivity contribution in [2.75, 3.05) is 11.1 Å². The van der Waals surface area contributed by atoms with Crippen LogP contribution in [-0.2, 0) is 24.2 Å². The van der Waals surface area contributed by atoms with Gasteiger partial charge in [-0.3, -0.25) is 9.36 Å². The first-order valence-electron chi connectivity index (χ1n) is 10.3. The van der Waals surface area contributed by atoms with Crippen molar-refractivity contribution in [3.8, 4) is 17.7 Å². The monoisotopic (exact) mass is 531 g/mol. The first-order valence-corrected chi connectivity index (χ1v) is 12.9. The minimum Gasteiger partial charge on any atom is -0.446 e. The minimum atomic E-state index is -0.174. The second-order valence-electron chi connectivity index (χ2n) is 7.48. The molecular weight excluding hydrogens is 510 g/mol. The Hall–Kier alpha value is -2.35. The van der Waals surface area contributed by atoms with E-state index in [9.17, 15) is 10.1 Å². The summed E-state index contributed by atoms with van der Waals surface area (Å²) in [4.78, 5) is 13.9. The minimum absolute atomic E-state index is 0.155. The lowest BCUT2D eigenvalue weighted by atomic mass is 9.86. The first kappa shape index (κ1) is 22.8. The van der Waals surface area contributed by atoms with Crippen molar-refractivity contribution in [1.82, 2.24) is 14.8 Å². The Morgan fingerprint density at radius 1 is 1.53 bits per heavy atom. The number of thioether (sulfide) groups is 1. The number of rotatable bonds is 8. The summed E-state index contributed by atoms with van der Waals surface area (Å²) in [5, 5.41) is 22.3. The van der Waals surface area contributed by atoms with Crippen molar-refractivity contribution >= 4 is 49.9 Å². The molecule has 1 aliphatic carbocycles. The molecule has 1 N–H and O–H groups in total. The Kier molecular flexibility index (Phi) is 7.18. The summed E-state index contributed by atoms with van der Waals surface area (Å²) < 4.78 is 8.05. The van der Waals surface area contributed by atoms with Gasteiger partial charge in [-0.25, -0.2) is 0 Å². The fraction of sp³-hybridized carbons (Fsp3) is 0.364. The Morgan fingerprint density at radius 3 is 3.06 bits per heavy atom. The molecule has 0 bridgehead atoms. The SMILES string of the molecule is C=CCn1c(SCC(=O)Nc2sc3c(c2C#N)CCC(CC)C3)nnc1-c1ccc(Br)o1. The number of thiophene rings is 1. The second kappa shape index (κ2) is 10.1. The average molecular weight is 532 g/mol. The summed E-state index contributed by atoms with van der Waals surface area (Å²) in [5.41, 5.74) is 1.74. The number of nitriles is 1. The van der Waals surface area contributed by atoms with Gasteiger partial charge in [-0.15, -0.1) is 28.1 Å². The average Bonchev–Trinajstić information content (AvgIpc) is 3.48. The van der Waals surface area contributed by atoms with E-state index in [1.165, 1.54) is 16.6 Å². The van der Waals surface area contributed by atoms with Gasteiger partial charge in [0.1, 0.15) is 11.1 Å². The van der Waals surface area contributed by atoms with Gasteiger partial charge in [0.2, 0.25) is 11.7 Å². The number of hydrogen-bond acceptors (Lipinski definition) is 7. The molecule has 3 aromatic heterocycles. The number of fused-ring (bicyclic) bond motifs is 1. The van der Waals surface area contributed by atoms with Crippen LogP contribution in [0, 0.1) is 17.2 Å². The zero-order valence-electron chi connectivity index (χ0n) is 17.6. The maximum atomic E-state index is 12.7. The highest BCUT2D eigenvalue weighted by molar-refractivity contribution is 9.10. The van der Waals surface area contributed by atoms with E-state index in [0.29, 0.717) is 44.4 Å². The summed E-state index contributed by atoms with van der Waals surface area (Å²) in [6, 6.07) is 5.90. The molecule has 1 amide bonds. The van der Waals surface area contributed by atoms with Crippen molar-refractivity contribution in [1.29, 1.82) is 5.26 Å². The molecule has 1 unspecified atom stereocenters. The smallest absolute Gasteiger partial charge is 0.235 e. The molecule has 10 heteroatoms. The number of allylic oxidation sites excluding steroid dienone is 1. The van der Waals surface area contributed by atoms with Gasteiger partial charge in [0.15, 0.2) is 15.6 Å². The molecule has 7 nitrogen and oxygen atoms in total. The van der Waals surface area contributed by atoms with E-state index >= 15 is 0 Å². The molecule has 3 heterocycles. The molecule has 0 aromatic carbocycles. The van der Waals surface area contributed by atoms with E-state index in [2.05, 4.69) is 51.0 Å². The van der Waals surface area contributed by atoms with Gasteiger partial charge in [0.05, 0.1) is 11.3 Å². The van der Waals surface area contributed by atoms with E-state index in [4.69, 9.17) is 4.42 Å². The standard InChI is InChI=1S/C22H22BrN5O2S2/c1-3-9-28-20(16-7-8-18(23)30-16)26-27-22(28)31-12-19(29)25-21-15(11-24)14-6-5-13(4-2)10-17(14)32-21/h3,7-8,13H,1,4-6,9-10,12H2,2H3,(H,25,29). The van der Waals surface area contributed by atoms with Crippen LogP contribution >= 0.6 is 39.0 Å². The van der Waals surface area contributed by atoms with E-state index < -0.39 is 0 Å². The molecule has 3 aromatic rings. The lowest BCUT2D eigenvalue weighted by molar-refractivity contribution is -0.113. The topological polar surface area (TPSA) is 96.7 Å². The zero-order valence-corrected chi connectivity index (χ0v) is 20.8. The molecule has 0 spiro atoms. The van der Waals surface area contributed by atoms with Crippen molar-refractivity contribution in [3.05, 3.63) is 45.5 Å². The molecule has 32 heavy (non-hydrogen) atoms. The van der Waals surface area contributed by atoms with Crippen LogP contribution in [0.4, 0.5) is 5.00 Å². The lowest BCUT2D eigenvalue weighted by Crippen LogP contribution is -2.15.